The second kappa shape index (κ2) is 16.5. The lowest BCUT2D eigenvalue weighted by Gasteiger charge is -2.39. The Morgan fingerprint density at radius 1 is 0.500 bits per heavy atom. The number of rotatable bonds is 0. The predicted molar refractivity (Wildman–Crippen MR) is 257 cm³/mol. The number of ether oxygens (including phenoxy) is 1. The lowest BCUT2D eigenvalue weighted by Crippen LogP contribution is -2.32. The van der Waals surface area contributed by atoms with Crippen LogP contribution in [0.15, 0.2) is 197 Å². The molecule has 306 valence electrons. The van der Waals surface area contributed by atoms with Crippen LogP contribution in [0.5, 0.6) is 17.2 Å². The number of hydrogen-bond acceptors (Lipinski definition) is 5. The van der Waals surface area contributed by atoms with Crippen molar-refractivity contribution in [2.24, 2.45) is 0 Å². The molecule has 0 atom stereocenters. The van der Waals surface area contributed by atoms with Crippen LogP contribution in [-0.2, 0) is 15.5 Å². The Hall–Kier alpha value is -6.36. The molecular formula is C53H38Br2O6S. The maximum atomic E-state index is 12.5. The third kappa shape index (κ3) is 7.41. The Kier molecular flexibility index (Phi) is 10.9. The fourth-order valence-corrected chi connectivity index (χ4v) is 9.61. The Labute approximate surface area is 377 Å². The van der Waals surface area contributed by atoms with Gasteiger partial charge >= 0.3 is 0 Å². The first-order chi connectivity index (χ1) is 29.9. The average molecular weight is 964 g/mol. The van der Waals surface area contributed by atoms with E-state index in [-0.39, 0.29) is 7.21 Å². The van der Waals surface area contributed by atoms with E-state index in [4.69, 9.17) is 14.4 Å². The monoisotopic (exact) mass is 961 g/mol. The highest BCUT2D eigenvalue weighted by atomic mass is 79.9. The van der Waals surface area contributed by atoms with E-state index in [1.807, 2.05) is 48.5 Å². The molecule has 2 aliphatic carbocycles. The van der Waals surface area contributed by atoms with Gasteiger partial charge in [0.25, 0.3) is 10.1 Å². The number of phenolic OH excluding ortho intramolecular Hbond substituents is 1. The van der Waals surface area contributed by atoms with Crippen LogP contribution in [0.4, 0.5) is 0 Å². The van der Waals surface area contributed by atoms with E-state index < -0.39 is 15.5 Å². The minimum Gasteiger partial charge on any atom is -0.508 e. The molecule has 3 aliphatic rings. The van der Waals surface area contributed by atoms with Crippen molar-refractivity contribution in [2.75, 3.05) is 6.26 Å². The average Bonchev–Trinajstić information content (AvgIpc) is 3.72. The lowest BCUT2D eigenvalue weighted by atomic mass is 9.66. The summed E-state index contributed by atoms with van der Waals surface area (Å²) >= 11 is 7.19. The highest BCUT2D eigenvalue weighted by Crippen LogP contribution is 2.63. The van der Waals surface area contributed by atoms with Crippen molar-refractivity contribution in [2.45, 2.75) is 5.41 Å². The van der Waals surface area contributed by atoms with Crippen LogP contribution < -0.4 is 4.74 Å². The van der Waals surface area contributed by atoms with E-state index in [9.17, 15) is 13.2 Å². The van der Waals surface area contributed by atoms with E-state index in [0.717, 1.165) is 48.1 Å². The molecular weight excluding hydrogens is 924 g/mol. The second-order valence-electron chi connectivity index (χ2n) is 15.0. The van der Waals surface area contributed by atoms with Crippen molar-refractivity contribution in [1.29, 1.82) is 0 Å². The number of fused-ring (bicyclic) bond motifs is 16. The van der Waals surface area contributed by atoms with Gasteiger partial charge in [-0.05, 0) is 104 Å². The largest absolute Gasteiger partial charge is 0.508 e. The van der Waals surface area contributed by atoms with E-state index in [1.54, 1.807) is 24.3 Å². The Balaban J connectivity index is 0.000000144. The number of ketones is 1. The van der Waals surface area contributed by atoms with Gasteiger partial charge in [0, 0.05) is 38.2 Å². The molecule has 0 aromatic heterocycles. The maximum absolute atomic E-state index is 12.5. The predicted octanol–water partition coefficient (Wildman–Crippen LogP) is 14.0. The van der Waals surface area contributed by atoms with E-state index in [1.165, 1.54) is 49.5 Å². The molecule has 0 saturated heterocycles. The highest BCUT2D eigenvalue weighted by molar-refractivity contribution is 9.10. The first-order valence-corrected chi connectivity index (χ1v) is 23.1. The molecule has 0 radical (unpaired) electrons. The fourth-order valence-electron chi connectivity index (χ4n) is 8.89. The molecule has 0 fully saturated rings. The lowest BCUT2D eigenvalue weighted by molar-refractivity contribution is 0.104. The highest BCUT2D eigenvalue weighted by Gasteiger charge is 2.51. The van der Waals surface area contributed by atoms with Gasteiger partial charge in [-0.3, -0.25) is 9.35 Å². The molecule has 62 heavy (non-hydrogen) atoms. The summed E-state index contributed by atoms with van der Waals surface area (Å²) in [6.07, 6.45) is 0.715. The molecule has 9 aromatic carbocycles. The van der Waals surface area contributed by atoms with Gasteiger partial charge in [-0.2, -0.15) is 8.42 Å². The molecule has 1 heterocycles. The summed E-state index contributed by atoms with van der Waals surface area (Å²) in [4.78, 5) is 12.5. The van der Waals surface area contributed by atoms with Crippen LogP contribution in [0.25, 0.3) is 43.8 Å². The third-order valence-electron chi connectivity index (χ3n) is 11.2. The number of hydrogen-bond donors (Lipinski definition) is 2. The van der Waals surface area contributed by atoms with Gasteiger partial charge in [0.1, 0.15) is 17.2 Å². The Morgan fingerprint density at radius 2 is 0.984 bits per heavy atom. The number of benzene rings is 9. The van der Waals surface area contributed by atoms with Crippen LogP contribution in [0.1, 0.15) is 39.6 Å². The number of aromatic hydroxyl groups is 1. The molecule has 0 bridgehead atoms. The van der Waals surface area contributed by atoms with Crippen LogP contribution in [0.2, 0.25) is 0 Å². The quantitative estimate of drug-likeness (QED) is 0.147. The van der Waals surface area contributed by atoms with Crippen molar-refractivity contribution in [3.8, 4) is 39.5 Å². The van der Waals surface area contributed by atoms with Gasteiger partial charge in [-0.15, -0.1) is 0 Å². The van der Waals surface area contributed by atoms with Crippen LogP contribution in [0.3, 0.4) is 0 Å². The van der Waals surface area contributed by atoms with Crippen LogP contribution in [-0.4, -0.2) is 30.1 Å². The summed E-state index contributed by atoms with van der Waals surface area (Å²) < 4.78 is 34.3. The zero-order valence-electron chi connectivity index (χ0n) is 33.1. The van der Waals surface area contributed by atoms with Crippen molar-refractivity contribution in [1.82, 2.24) is 0 Å². The summed E-state index contributed by atoms with van der Waals surface area (Å²) in [5.41, 5.74) is 10.9. The van der Waals surface area contributed by atoms with Crippen molar-refractivity contribution in [3.05, 3.63) is 230 Å². The summed E-state index contributed by atoms with van der Waals surface area (Å²) in [6, 6.07) is 63.8. The molecule has 0 amide bonds. The van der Waals surface area contributed by atoms with Crippen LogP contribution in [0, 0.1) is 0 Å². The number of para-hydroxylation sites is 3. The summed E-state index contributed by atoms with van der Waals surface area (Å²) in [5.74, 6) is 2.29. The maximum Gasteiger partial charge on any atom is 0.261 e. The Morgan fingerprint density at radius 3 is 1.58 bits per heavy atom. The van der Waals surface area contributed by atoms with E-state index in [0.29, 0.717) is 12.0 Å². The van der Waals surface area contributed by atoms with Crippen molar-refractivity contribution < 1.29 is 29.0 Å². The minimum atomic E-state index is -3.67. The van der Waals surface area contributed by atoms with Gasteiger partial charge in [-0.25, -0.2) is 0 Å². The normalized spacial score (nSPS) is 13.0. The van der Waals surface area contributed by atoms with Crippen molar-refractivity contribution >= 4 is 69.3 Å². The topological polar surface area (TPSA) is 101 Å². The summed E-state index contributed by atoms with van der Waals surface area (Å²) in [7, 11) is -3.67. The zero-order chi connectivity index (χ0) is 43.2. The number of carbonyl (C=O) groups is 1. The summed E-state index contributed by atoms with van der Waals surface area (Å²) in [5, 5.41) is 13.5. The number of halogens is 2. The van der Waals surface area contributed by atoms with Crippen LogP contribution >= 0.6 is 31.9 Å². The van der Waals surface area contributed by atoms with Gasteiger partial charge in [0.05, 0.1) is 11.7 Å². The van der Waals surface area contributed by atoms with E-state index >= 15 is 0 Å². The summed E-state index contributed by atoms with van der Waals surface area (Å²) in [6.45, 7) is 0. The molecule has 0 unspecified atom stereocenters. The third-order valence-corrected chi connectivity index (χ3v) is 12.2. The molecule has 9 aromatic rings. The van der Waals surface area contributed by atoms with Gasteiger partial charge in [-0.1, -0.05) is 165 Å². The van der Waals surface area contributed by atoms with Crippen molar-refractivity contribution in [3.63, 3.8) is 0 Å². The minimum absolute atomic E-state index is 0. The Bertz CT molecular complexity index is 3280. The van der Waals surface area contributed by atoms with E-state index in [2.05, 4.69) is 147 Å². The standard InChI is InChI=1S/C29H17BrO.C17H9BrO.C6H6O.CH4O3S.H2/c30-19-14-15-21-25(17-19)29(24-16-13-18-7-1-2-8-20(18)28(21)24)22-9-3-5-11-26(22)31-27-12-6-4-10-23(27)29;18-11-6-8-13-15(9-11)17(19)14-7-5-10-3-1-2-4-12(10)16(13)14;7-6-4-2-1-3-5-6;1-5(2,3)4;/h1-17H;1-9H;1-5,7H;1H3,(H,2,3,4);1H/i;;;;1+1. The SMILES string of the molecule is Brc1ccc2c(c1)C1(c3ccccc3Oc3ccccc31)c1ccc3ccccc3c1-2.CS(=O)(=O)O.O=C1c2cc(Br)ccc2-c2c1ccc1ccccc21.Oc1ccccc1.[2HH]. The van der Waals surface area contributed by atoms with Gasteiger partial charge in [0.15, 0.2) is 5.78 Å². The smallest absolute Gasteiger partial charge is 0.261 e. The zero-order valence-corrected chi connectivity index (χ0v) is 37.1. The molecule has 12 rings (SSSR count). The first kappa shape index (κ1) is 41.0. The molecule has 6 nitrogen and oxygen atoms in total. The molecule has 1 spiro atoms. The molecule has 1 aliphatic heterocycles. The van der Waals surface area contributed by atoms with Gasteiger partial charge < -0.3 is 9.84 Å². The molecule has 2 N–H and O–H groups in total. The number of phenols is 1. The second-order valence-corrected chi connectivity index (χ2v) is 18.3. The molecule has 9 heteroatoms. The van der Waals surface area contributed by atoms with Gasteiger partial charge in [0.2, 0.25) is 0 Å². The first-order valence-electron chi connectivity index (χ1n) is 19.7. The fraction of sp³-hybridized carbons (Fsp3) is 0.0377. The number of carbonyl (C=O) groups excluding carboxylic acids is 1. The molecule has 0 saturated carbocycles.